The average molecular weight is 398 g/mol. The van der Waals surface area contributed by atoms with Crippen LogP contribution in [0.5, 0.6) is 5.75 Å². The molecule has 5 nitrogen and oxygen atoms in total. The summed E-state index contributed by atoms with van der Waals surface area (Å²) in [6.45, 7) is -0.318. The molecule has 140 valence electrons. The summed E-state index contributed by atoms with van der Waals surface area (Å²) in [5.74, 6) is -1.41. The third-order valence-electron chi connectivity index (χ3n) is 3.65. The topological polar surface area (TPSA) is 72.6 Å². The predicted molar refractivity (Wildman–Crippen MR) is 89.7 cm³/mol. The molecular weight excluding hydrogens is 387 g/mol. The number of aromatic carboxylic acids is 1. The third-order valence-corrected chi connectivity index (χ3v) is 3.95. The molecule has 0 spiro atoms. The van der Waals surface area contributed by atoms with E-state index in [2.05, 4.69) is 9.68 Å². The van der Waals surface area contributed by atoms with Crippen LogP contribution >= 0.6 is 11.6 Å². The molecule has 0 amide bonds. The van der Waals surface area contributed by atoms with E-state index in [4.69, 9.17) is 21.4 Å². The molecule has 9 heteroatoms. The molecule has 2 aromatic carbocycles. The first-order chi connectivity index (χ1) is 12.8. The van der Waals surface area contributed by atoms with Crippen LogP contribution in [0.15, 0.2) is 53.1 Å². The molecule has 0 aliphatic heterocycles. The molecular formula is C18H11ClF3NO4. The van der Waals surface area contributed by atoms with Gasteiger partial charge in [0.15, 0.2) is 0 Å². The van der Waals surface area contributed by atoms with E-state index in [1.54, 1.807) is 6.07 Å². The van der Waals surface area contributed by atoms with Crippen molar-refractivity contribution in [2.24, 2.45) is 0 Å². The molecule has 27 heavy (non-hydrogen) atoms. The van der Waals surface area contributed by atoms with Gasteiger partial charge in [0.1, 0.15) is 18.1 Å². The van der Waals surface area contributed by atoms with E-state index in [9.17, 15) is 18.0 Å². The van der Waals surface area contributed by atoms with Crippen molar-refractivity contribution in [3.63, 3.8) is 0 Å². The lowest BCUT2D eigenvalue weighted by atomic mass is 10.1. The van der Waals surface area contributed by atoms with Gasteiger partial charge in [0.2, 0.25) is 5.76 Å². The number of carboxylic acids is 1. The SMILES string of the molecule is O=C(O)c1cc(-c2ccc(OCc3ccccc3C(F)(F)F)c(Cl)c2)no1. The monoisotopic (exact) mass is 397 g/mol. The molecule has 0 aliphatic rings. The Hall–Kier alpha value is -3.00. The molecule has 0 aliphatic carbocycles. The van der Waals surface area contributed by atoms with Gasteiger partial charge in [-0.2, -0.15) is 13.2 Å². The molecule has 0 saturated carbocycles. The van der Waals surface area contributed by atoms with Crippen molar-refractivity contribution in [1.29, 1.82) is 0 Å². The van der Waals surface area contributed by atoms with Gasteiger partial charge in [0.05, 0.1) is 10.6 Å². The summed E-state index contributed by atoms with van der Waals surface area (Å²) >= 11 is 6.12. The normalized spacial score (nSPS) is 11.4. The Morgan fingerprint density at radius 2 is 1.93 bits per heavy atom. The van der Waals surface area contributed by atoms with Crippen LogP contribution in [0.1, 0.15) is 21.7 Å². The summed E-state index contributed by atoms with van der Waals surface area (Å²) < 4.78 is 49.1. The Balaban J connectivity index is 1.78. The van der Waals surface area contributed by atoms with E-state index < -0.39 is 17.7 Å². The number of rotatable bonds is 5. The van der Waals surface area contributed by atoms with Gasteiger partial charge in [0.25, 0.3) is 0 Å². The van der Waals surface area contributed by atoms with Crippen LogP contribution in [0, 0.1) is 0 Å². The molecule has 0 radical (unpaired) electrons. The molecule has 1 aromatic heterocycles. The van der Waals surface area contributed by atoms with E-state index in [1.165, 1.54) is 36.4 Å². The lowest BCUT2D eigenvalue weighted by molar-refractivity contribution is -0.138. The second-order valence-electron chi connectivity index (χ2n) is 5.47. The highest BCUT2D eigenvalue weighted by molar-refractivity contribution is 6.32. The predicted octanol–water partition coefficient (Wildman–Crippen LogP) is 5.29. The number of ether oxygens (including phenoxy) is 1. The Kier molecular flexibility index (Phi) is 5.09. The molecule has 1 heterocycles. The average Bonchev–Trinajstić information content (AvgIpc) is 3.10. The molecule has 3 aromatic rings. The lowest BCUT2D eigenvalue weighted by Gasteiger charge is -2.14. The van der Waals surface area contributed by atoms with Crippen LogP contribution < -0.4 is 4.74 Å². The van der Waals surface area contributed by atoms with Crippen LogP contribution in [0.2, 0.25) is 5.02 Å². The zero-order valence-electron chi connectivity index (χ0n) is 13.5. The zero-order chi connectivity index (χ0) is 19.6. The van der Waals surface area contributed by atoms with E-state index in [-0.39, 0.29) is 34.4 Å². The smallest absolute Gasteiger partial charge is 0.416 e. The van der Waals surface area contributed by atoms with Crippen molar-refractivity contribution < 1.29 is 32.3 Å². The quantitative estimate of drug-likeness (QED) is 0.633. The van der Waals surface area contributed by atoms with Gasteiger partial charge in [-0.15, -0.1) is 0 Å². The van der Waals surface area contributed by atoms with Gasteiger partial charge in [-0.3, -0.25) is 0 Å². The second-order valence-corrected chi connectivity index (χ2v) is 5.88. The largest absolute Gasteiger partial charge is 0.487 e. The number of hydrogen-bond acceptors (Lipinski definition) is 4. The van der Waals surface area contributed by atoms with Crippen molar-refractivity contribution >= 4 is 17.6 Å². The Morgan fingerprint density at radius 1 is 1.19 bits per heavy atom. The minimum Gasteiger partial charge on any atom is -0.487 e. The highest BCUT2D eigenvalue weighted by atomic mass is 35.5. The summed E-state index contributed by atoms with van der Waals surface area (Å²) in [6.07, 6.45) is -4.48. The number of carbonyl (C=O) groups is 1. The van der Waals surface area contributed by atoms with Crippen LogP contribution in [0.4, 0.5) is 13.2 Å². The number of benzene rings is 2. The van der Waals surface area contributed by atoms with Gasteiger partial charge in [-0.05, 0) is 24.3 Å². The van der Waals surface area contributed by atoms with Crippen molar-refractivity contribution in [2.45, 2.75) is 12.8 Å². The van der Waals surface area contributed by atoms with Crippen LogP contribution in [0.3, 0.4) is 0 Å². The molecule has 0 saturated heterocycles. The second kappa shape index (κ2) is 7.32. The minimum atomic E-state index is -4.48. The summed E-state index contributed by atoms with van der Waals surface area (Å²) in [4.78, 5) is 10.8. The first-order valence-electron chi connectivity index (χ1n) is 7.53. The van der Waals surface area contributed by atoms with Crippen molar-refractivity contribution in [2.75, 3.05) is 0 Å². The van der Waals surface area contributed by atoms with Crippen molar-refractivity contribution in [3.8, 4) is 17.0 Å². The first kappa shape index (κ1) is 18.8. The van der Waals surface area contributed by atoms with Crippen LogP contribution in [-0.4, -0.2) is 16.2 Å². The van der Waals surface area contributed by atoms with Gasteiger partial charge in [-0.1, -0.05) is 35.0 Å². The molecule has 0 atom stereocenters. The lowest BCUT2D eigenvalue weighted by Crippen LogP contribution is -2.10. The maximum atomic E-state index is 13.0. The highest BCUT2D eigenvalue weighted by Crippen LogP contribution is 2.34. The van der Waals surface area contributed by atoms with E-state index in [0.29, 0.717) is 5.56 Å². The fourth-order valence-corrected chi connectivity index (χ4v) is 2.60. The van der Waals surface area contributed by atoms with Crippen LogP contribution in [0.25, 0.3) is 11.3 Å². The molecule has 1 N–H and O–H groups in total. The molecule has 0 fully saturated rings. The third kappa shape index (κ3) is 4.22. The van der Waals surface area contributed by atoms with Gasteiger partial charge >= 0.3 is 12.1 Å². The number of nitrogens with zero attached hydrogens (tertiary/aromatic N) is 1. The van der Waals surface area contributed by atoms with E-state index in [1.807, 2.05) is 0 Å². The summed E-state index contributed by atoms with van der Waals surface area (Å²) in [7, 11) is 0. The van der Waals surface area contributed by atoms with Gasteiger partial charge in [-0.25, -0.2) is 4.79 Å². The summed E-state index contributed by atoms with van der Waals surface area (Å²) in [5.41, 5.74) is -0.0724. The maximum Gasteiger partial charge on any atom is 0.416 e. The van der Waals surface area contributed by atoms with Crippen molar-refractivity contribution in [3.05, 3.63) is 70.4 Å². The molecule has 0 bridgehead atoms. The highest BCUT2D eigenvalue weighted by Gasteiger charge is 2.33. The van der Waals surface area contributed by atoms with Crippen molar-refractivity contribution in [1.82, 2.24) is 5.16 Å². The molecule has 0 unspecified atom stereocenters. The fraction of sp³-hybridized carbons (Fsp3) is 0.111. The Morgan fingerprint density at radius 3 is 2.56 bits per heavy atom. The summed E-state index contributed by atoms with van der Waals surface area (Å²) in [6, 6.07) is 10.8. The van der Waals surface area contributed by atoms with Crippen LogP contribution in [-0.2, 0) is 12.8 Å². The fourth-order valence-electron chi connectivity index (χ4n) is 2.37. The number of carboxylic acid groups (broad SMARTS) is 1. The Bertz CT molecular complexity index is 985. The number of hydrogen-bond donors (Lipinski definition) is 1. The first-order valence-corrected chi connectivity index (χ1v) is 7.91. The number of aromatic nitrogens is 1. The van der Waals surface area contributed by atoms with Gasteiger partial charge < -0.3 is 14.4 Å². The maximum absolute atomic E-state index is 13.0. The van der Waals surface area contributed by atoms with E-state index >= 15 is 0 Å². The minimum absolute atomic E-state index is 0.0206. The standard InChI is InChI=1S/C18H11ClF3NO4/c19-13-7-10(14-8-16(17(24)25)27-23-14)5-6-15(13)26-9-11-3-1-2-4-12(11)18(20,21)22/h1-8H,9H2,(H,24,25). The number of halogens is 4. The van der Waals surface area contributed by atoms with Gasteiger partial charge in [0, 0.05) is 17.2 Å². The summed E-state index contributed by atoms with van der Waals surface area (Å²) in [5, 5.41) is 12.6. The zero-order valence-corrected chi connectivity index (χ0v) is 14.2. The molecule has 3 rings (SSSR count). The Labute approximate surface area is 155 Å². The van der Waals surface area contributed by atoms with E-state index in [0.717, 1.165) is 6.07 Å². The number of alkyl halides is 3.